The van der Waals surface area contributed by atoms with E-state index in [1.807, 2.05) is 88.4 Å². The van der Waals surface area contributed by atoms with Gasteiger partial charge in [-0.3, -0.25) is 14.5 Å². The number of carbonyl (C=O) groups excluding carboxylic acids is 3. The fourth-order valence-corrected chi connectivity index (χ4v) is 3.65. The third kappa shape index (κ3) is 7.52. The number of ether oxygens (including phenoxy) is 1. The monoisotopic (exact) mass is 438 g/mol. The molecule has 6 nitrogen and oxygen atoms in total. The van der Waals surface area contributed by atoms with E-state index in [0.717, 1.165) is 11.4 Å². The summed E-state index contributed by atoms with van der Waals surface area (Å²) in [5.41, 5.74) is 0.930. The van der Waals surface area contributed by atoms with Gasteiger partial charge in [0.15, 0.2) is 0 Å². The fraction of sp³-hybridized carbons (Fsp3) is 0.423. The largest absolute Gasteiger partial charge is 0.467 e. The molecule has 2 amide bonds. The minimum absolute atomic E-state index is 0.105. The maximum absolute atomic E-state index is 13.4. The van der Waals surface area contributed by atoms with Gasteiger partial charge in [0.25, 0.3) is 0 Å². The quantitative estimate of drug-likeness (QED) is 0.538. The van der Waals surface area contributed by atoms with Crippen molar-refractivity contribution in [2.75, 3.05) is 12.0 Å². The highest BCUT2D eigenvalue weighted by Gasteiger charge is 2.31. The second-order valence-electron chi connectivity index (χ2n) is 9.19. The van der Waals surface area contributed by atoms with E-state index in [1.54, 1.807) is 4.90 Å². The SMILES string of the molecule is COC(=O)C(CC(C)C)NC(=O)CC(C)(C)CC(=O)N(c1ccccc1)c1ccccc1. The number of methoxy groups -OCH3 is 1. The Bertz CT molecular complexity index is 855. The molecular weight excluding hydrogens is 404 g/mol. The number of anilines is 2. The first-order chi connectivity index (χ1) is 15.1. The number of benzene rings is 2. The Morgan fingerprint density at radius 3 is 1.84 bits per heavy atom. The lowest BCUT2D eigenvalue weighted by atomic mass is 9.84. The number of nitrogens with one attached hydrogen (secondary N) is 1. The van der Waals surface area contributed by atoms with Crippen LogP contribution in [0.15, 0.2) is 60.7 Å². The van der Waals surface area contributed by atoms with E-state index >= 15 is 0 Å². The van der Waals surface area contributed by atoms with Crippen molar-refractivity contribution < 1.29 is 19.1 Å². The summed E-state index contributed by atoms with van der Waals surface area (Å²) < 4.78 is 4.82. The Labute approximate surface area is 191 Å². The van der Waals surface area contributed by atoms with E-state index < -0.39 is 17.4 Å². The normalized spacial score (nSPS) is 12.2. The number of carbonyl (C=O) groups is 3. The van der Waals surface area contributed by atoms with Gasteiger partial charge >= 0.3 is 5.97 Å². The molecule has 0 aliphatic carbocycles. The molecule has 0 saturated heterocycles. The second kappa shape index (κ2) is 11.5. The third-order valence-corrected chi connectivity index (χ3v) is 5.08. The average Bonchev–Trinajstić information content (AvgIpc) is 2.73. The molecule has 0 aliphatic heterocycles. The summed E-state index contributed by atoms with van der Waals surface area (Å²) >= 11 is 0. The summed E-state index contributed by atoms with van der Waals surface area (Å²) in [5.74, 6) is -0.615. The highest BCUT2D eigenvalue weighted by Crippen LogP contribution is 2.31. The molecule has 0 radical (unpaired) electrons. The van der Waals surface area contributed by atoms with Gasteiger partial charge in [0, 0.05) is 24.2 Å². The predicted molar refractivity (Wildman–Crippen MR) is 126 cm³/mol. The molecule has 0 fully saturated rings. The van der Waals surface area contributed by atoms with Gasteiger partial charge in [0.05, 0.1) is 7.11 Å². The molecule has 0 bridgehead atoms. The smallest absolute Gasteiger partial charge is 0.328 e. The standard InChI is InChI=1S/C26H34N2O4/c1-19(2)16-22(25(31)32-5)27-23(29)17-26(3,4)18-24(30)28(20-12-8-6-9-13-20)21-14-10-7-11-15-21/h6-15,19,22H,16-18H2,1-5H3,(H,27,29). The molecule has 172 valence electrons. The van der Waals surface area contributed by atoms with Crippen LogP contribution in [0, 0.1) is 11.3 Å². The van der Waals surface area contributed by atoms with Crippen LogP contribution in [0.5, 0.6) is 0 Å². The van der Waals surface area contributed by atoms with E-state index in [1.165, 1.54) is 7.11 Å². The number of hydrogen-bond donors (Lipinski definition) is 1. The summed E-state index contributed by atoms with van der Waals surface area (Å²) in [7, 11) is 1.31. The van der Waals surface area contributed by atoms with Gasteiger partial charge in [-0.25, -0.2) is 4.79 Å². The number of hydrogen-bond acceptors (Lipinski definition) is 4. The molecule has 1 atom stereocenters. The summed E-state index contributed by atoms with van der Waals surface area (Å²) in [6.07, 6.45) is 0.770. The van der Waals surface area contributed by atoms with Gasteiger partial charge in [0.1, 0.15) is 6.04 Å². The zero-order chi connectivity index (χ0) is 23.7. The first kappa shape index (κ1) is 25.1. The molecular formula is C26H34N2O4. The van der Waals surface area contributed by atoms with Crippen LogP contribution in [-0.2, 0) is 19.1 Å². The average molecular weight is 439 g/mol. The van der Waals surface area contributed by atoms with Crippen molar-refractivity contribution in [1.82, 2.24) is 5.32 Å². The molecule has 2 aromatic carbocycles. The maximum Gasteiger partial charge on any atom is 0.328 e. The lowest BCUT2D eigenvalue weighted by Crippen LogP contribution is -2.44. The third-order valence-electron chi connectivity index (χ3n) is 5.08. The highest BCUT2D eigenvalue weighted by atomic mass is 16.5. The van der Waals surface area contributed by atoms with Crippen molar-refractivity contribution in [3.63, 3.8) is 0 Å². The molecule has 1 unspecified atom stereocenters. The van der Waals surface area contributed by atoms with Crippen molar-refractivity contribution in [3.8, 4) is 0 Å². The molecule has 32 heavy (non-hydrogen) atoms. The molecule has 2 rings (SSSR count). The van der Waals surface area contributed by atoms with E-state index in [9.17, 15) is 14.4 Å². The number of esters is 1. The Kier molecular flexibility index (Phi) is 9.00. The van der Waals surface area contributed by atoms with Crippen LogP contribution >= 0.6 is 0 Å². The second-order valence-corrected chi connectivity index (χ2v) is 9.19. The van der Waals surface area contributed by atoms with Gasteiger partial charge in [-0.05, 0) is 42.0 Å². The number of amides is 2. The molecule has 0 saturated carbocycles. The zero-order valence-electron chi connectivity index (χ0n) is 19.6. The van der Waals surface area contributed by atoms with Crippen LogP contribution in [0.3, 0.4) is 0 Å². The van der Waals surface area contributed by atoms with Gasteiger partial charge in [-0.1, -0.05) is 64.1 Å². The minimum Gasteiger partial charge on any atom is -0.467 e. The Morgan fingerprint density at radius 1 is 0.906 bits per heavy atom. The van der Waals surface area contributed by atoms with Crippen LogP contribution in [0.4, 0.5) is 11.4 Å². The molecule has 0 aliphatic rings. The number of nitrogens with zero attached hydrogens (tertiary/aromatic N) is 1. The molecule has 2 aromatic rings. The van der Waals surface area contributed by atoms with Crippen molar-refractivity contribution in [3.05, 3.63) is 60.7 Å². The fourth-order valence-electron chi connectivity index (χ4n) is 3.65. The molecule has 0 spiro atoms. The molecule has 1 N–H and O–H groups in total. The van der Waals surface area contributed by atoms with Crippen LogP contribution in [-0.4, -0.2) is 30.9 Å². The predicted octanol–water partition coefficient (Wildman–Crippen LogP) is 4.86. The lowest BCUT2D eigenvalue weighted by molar-refractivity contribution is -0.146. The van der Waals surface area contributed by atoms with E-state index in [2.05, 4.69) is 5.32 Å². The Balaban J connectivity index is 2.13. The van der Waals surface area contributed by atoms with Gasteiger partial charge in [0.2, 0.25) is 11.8 Å². The maximum atomic E-state index is 13.4. The zero-order valence-corrected chi connectivity index (χ0v) is 19.6. The van der Waals surface area contributed by atoms with Crippen LogP contribution in [0.1, 0.15) is 47.0 Å². The van der Waals surface area contributed by atoms with E-state index in [4.69, 9.17) is 4.74 Å². The first-order valence-electron chi connectivity index (χ1n) is 10.9. The van der Waals surface area contributed by atoms with Gasteiger partial charge < -0.3 is 10.1 Å². The van der Waals surface area contributed by atoms with E-state index in [0.29, 0.717) is 6.42 Å². The topological polar surface area (TPSA) is 75.7 Å². The summed E-state index contributed by atoms with van der Waals surface area (Å²) in [6, 6.07) is 18.2. The van der Waals surface area contributed by atoms with Crippen molar-refractivity contribution in [2.24, 2.45) is 11.3 Å². The van der Waals surface area contributed by atoms with Crippen molar-refractivity contribution >= 4 is 29.2 Å². The number of rotatable bonds is 10. The first-order valence-corrected chi connectivity index (χ1v) is 10.9. The highest BCUT2D eigenvalue weighted by molar-refractivity contribution is 6.01. The van der Waals surface area contributed by atoms with Crippen molar-refractivity contribution in [1.29, 1.82) is 0 Å². The molecule has 0 aromatic heterocycles. The summed E-state index contributed by atoms with van der Waals surface area (Å²) in [4.78, 5) is 39.8. The molecule has 6 heteroatoms. The minimum atomic E-state index is -0.691. The van der Waals surface area contributed by atoms with Crippen LogP contribution < -0.4 is 10.2 Å². The summed E-state index contributed by atoms with van der Waals surface area (Å²) in [5, 5.41) is 2.78. The van der Waals surface area contributed by atoms with E-state index in [-0.39, 0.29) is 30.6 Å². The lowest BCUT2D eigenvalue weighted by Gasteiger charge is -2.29. The number of para-hydroxylation sites is 2. The Hall–Kier alpha value is -3.15. The van der Waals surface area contributed by atoms with Crippen LogP contribution in [0.2, 0.25) is 0 Å². The van der Waals surface area contributed by atoms with Gasteiger partial charge in [-0.2, -0.15) is 0 Å². The van der Waals surface area contributed by atoms with Gasteiger partial charge in [-0.15, -0.1) is 0 Å². The van der Waals surface area contributed by atoms with Crippen molar-refractivity contribution in [2.45, 2.75) is 53.0 Å². The molecule has 0 heterocycles. The Morgan fingerprint density at radius 2 is 1.41 bits per heavy atom. The van der Waals surface area contributed by atoms with Crippen LogP contribution in [0.25, 0.3) is 0 Å². The summed E-state index contributed by atoms with van der Waals surface area (Å²) in [6.45, 7) is 7.72.